The highest BCUT2D eigenvalue weighted by atomic mass is 32.1. The van der Waals surface area contributed by atoms with Gasteiger partial charge in [-0.25, -0.2) is 0 Å². The van der Waals surface area contributed by atoms with Gasteiger partial charge in [0.25, 0.3) is 5.91 Å². The number of thiophene rings is 1. The maximum Gasteiger partial charge on any atom is 0.255 e. The van der Waals surface area contributed by atoms with Crippen molar-refractivity contribution in [2.75, 3.05) is 17.7 Å². The summed E-state index contributed by atoms with van der Waals surface area (Å²) in [5.74, 6) is -0.280. The Morgan fingerprint density at radius 1 is 0.968 bits per heavy atom. The zero-order valence-corrected chi connectivity index (χ0v) is 18.5. The van der Waals surface area contributed by atoms with Gasteiger partial charge in [0.05, 0.1) is 11.4 Å². The molecule has 3 aromatic carbocycles. The average Bonchev–Trinajstić information content (AvgIpc) is 3.30. The predicted molar refractivity (Wildman–Crippen MR) is 129 cm³/mol. The second-order valence-corrected chi connectivity index (χ2v) is 10.3. The summed E-state index contributed by atoms with van der Waals surface area (Å²) in [5.41, 5.74) is 11.1. The summed E-state index contributed by atoms with van der Waals surface area (Å²) in [4.78, 5) is 22.8. The first-order chi connectivity index (χ1) is 14.8. The SMILES string of the molecule is CP(=O)(O)c1ccccc1-c1ccc(C(=O)Nc2cc(-c3ccsc3)ccc2N)cc1. The number of benzene rings is 3. The van der Waals surface area contributed by atoms with Gasteiger partial charge in [0.2, 0.25) is 7.37 Å². The molecule has 1 amide bonds. The highest BCUT2D eigenvalue weighted by Crippen LogP contribution is 2.38. The normalized spacial score (nSPS) is 12.8. The Morgan fingerprint density at radius 3 is 2.35 bits per heavy atom. The van der Waals surface area contributed by atoms with E-state index in [1.54, 1.807) is 59.9 Å². The number of nitrogens with two attached hydrogens (primary N) is 1. The zero-order valence-electron chi connectivity index (χ0n) is 16.8. The molecule has 0 spiro atoms. The van der Waals surface area contributed by atoms with Crippen molar-refractivity contribution >= 4 is 41.3 Å². The number of rotatable bonds is 5. The minimum absolute atomic E-state index is 0.280. The molecule has 156 valence electrons. The van der Waals surface area contributed by atoms with Crippen LogP contribution in [0.1, 0.15) is 10.4 Å². The van der Waals surface area contributed by atoms with Crippen LogP contribution >= 0.6 is 18.7 Å². The molecule has 7 heteroatoms. The third kappa shape index (κ3) is 4.62. The van der Waals surface area contributed by atoms with Gasteiger partial charge in [-0.2, -0.15) is 11.3 Å². The summed E-state index contributed by atoms with van der Waals surface area (Å²) < 4.78 is 12.2. The highest BCUT2D eigenvalue weighted by molar-refractivity contribution is 7.65. The average molecular weight is 448 g/mol. The molecule has 0 aliphatic carbocycles. The fourth-order valence-corrected chi connectivity index (χ4v) is 5.03. The monoisotopic (exact) mass is 448 g/mol. The number of anilines is 2. The van der Waals surface area contributed by atoms with Crippen LogP contribution in [0.4, 0.5) is 11.4 Å². The predicted octanol–water partition coefficient (Wildman–Crippen LogP) is 5.44. The molecule has 4 N–H and O–H groups in total. The molecule has 0 radical (unpaired) electrons. The zero-order chi connectivity index (χ0) is 22.0. The second-order valence-electron chi connectivity index (χ2n) is 7.24. The first-order valence-corrected chi connectivity index (χ1v) is 12.6. The molecule has 0 saturated carbocycles. The van der Waals surface area contributed by atoms with E-state index in [-0.39, 0.29) is 5.91 Å². The Kier molecular flexibility index (Phi) is 5.79. The van der Waals surface area contributed by atoms with Crippen LogP contribution in [0.3, 0.4) is 0 Å². The van der Waals surface area contributed by atoms with Crippen LogP contribution in [0.15, 0.2) is 83.6 Å². The van der Waals surface area contributed by atoms with Gasteiger partial charge in [-0.15, -0.1) is 0 Å². The standard InChI is InChI=1S/C24H21N2O3PS/c1-30(28,29)23-5-3-2-4-20(23)16-6-8-17(9-7-16)24(27)26-22-14-18(10-11-21(22)25)19-12-13-31-15-19/h2-15H,25H2,1H3,(H,26,27)(H,28,29). The van der Waals surface area contributed by atoms with E-state index in [2.05, 4.69) is 5.32 Å². The molecule has 0 aliphatic heterocycles. The summed E-state index contributed by atoms with van der Waals surface area (Å²) in [6.07, 6.45) is 0. The third-order valence-corrected chi connectivity index (χ3v) is 6.93. The van der Waals surface area contributed by atoms with Crippen LogP contribution in [0, 0.1) is 0 Å². The summed E-state index contributed by atoms with van der Waals surface area (Å²) >= 11 is 1.61. The molecule has 0 saturated heterocycles. The molecule has 1 heterocycles. The highest BCUT2D eigenvalue weighted by Gasteiger charge is 2.19. The smallest absolute Gasteiger partial charge is 0.255 e. The van der Waals surface area contributed by atoms with E-state index < -0.39 is 7.37 Å². The largest absolute Gasteiger partial charge is 0.397 e. The summed E-state index contributed by atoms with van der Waals surface area (Å²) in [7, 11) is -3.42. The van der Waals surface area contributed by atoms with Crippen molar-refractivity contribution in [2.24, 2.45) is 0 Å². The molecule has 4 aromatic rings. The van der Waals surface area contributed by atoms with Crippen LogP contribution in [-0.4, -0.2) is 17.5 Å². The van der Waals surface area contributed by atoms with Gasteiger partial charge < -0.3 is 15.9 Å². The minimum Gasteiger partial charge on any atom is -0.397 e. The lowest BCUT2D eigenvalue weighted by molar-refractivity contribution is 0.102. The second kappa shape index (κ2) is 8.52. The molecule has 4 rings (SSSR count). The van der Waals surface area contributed by atoms with Crippen molar-refractivity contribution in [3.63, 3.8) is 0 Å². The van der Waals surface area contributed by atoms with Crippen LogP contribution in [-0.2, 0) is 4.57 Å². The summed E-state index contributed by atoms with van der Waals surface area (Å²) in [6.45, 7) is 1.32. The Hall–Kier alpha value is -3.18. The van der Waals surface area contributed by atoms with Gasteiger partial charge in [0, 0.05) is 17.5 Å². The molecule has 0 fully saturated rings. The van der Waals surface area contributed by atoms with Crippen molar-refractivity contribution in [1.29, 1.82) is 0 Å². The van der Waals surface area contributed by atoms with Crippen LogP contribution < -0.4 is 16.4 Å². The Morgan fingerprint density at radius 2 is 1.68 bits per heavy atom. The van der Waals surface area contributed by atoms with Crippen LogP contribution in [0.5, 0.6) is 0 Å². The quantitative estimate of drug-likeness (QED) is 0.280. The molecular weight excluding hydrogens is 427 g/mol. The molecule has 0 aliphatic rings. The Labute approximate surface area is 184 Å². The lowest BCUT2D eigenvalue weighted by atomic mass is 10.0. The van der Waals surface area contributed by atoms with Crippen molar-refractivity contribution in [1.82, 2.24) is 0 Å². The molecule has 1 unspecified atom stereocenters. The third-order valence-electron chi connectivity index (χ3n) is 4.97. The van der Waals surface area contributed by atoms with E-state index >= 15 is 0 Å². The number of carbonyl (C=O) groups excluding carboxylic acids is 1. The van der Waals surface area contributed by atoms with Crippen LogP contribution in [0.2, 0.25) is 0 Å². The number of hydrogen-bond donors (Lipinski definition) is 3. The van der Waals surface area contributed by atoms with E-state index in [1.807, 2.05) is 35.0 Å². The molecule has 0 bridgehead atoms. The Bertz CT molecular complexity index is 1280. The molecular formula is C24H21N2O3PS. The number of hydrogen-bond acceptors (Lipinski definition) is 4. The van der Waals surface area contributed by atoms with Gasteiger partial charge >= 0.3 is 0 Å². The minimum atomic E-state index is -3.42. The lowest BCUT2D eigenvalue weighted by Crippen LogP contribution is -2.13. The lowest BCUT2D eigenvalue weighted by Gasteiger charge is -2.13. The topological polar surface area (TPSA) is 92.4 Å². The Balaban J connectivity index is 1.58. The van der Waals surface area contributed by atoms with Crippen molar-refractivity contribution in [2.45, 2.75) is 0 Å². The van der Waals surface area contributed by atoms with E-state index in [1.165, 1.54) is 6.66 Å². The van der Waals surface area contributed by atoms with Crippen LogP contribution in [0.25, 0.3) is 22.3 Å². The number of amides is 1. The first-order valence-electron chi connectivity index (χ1n) is 9.57. The van der Waals surface area contributed by atoms with E-state index in [0.29, 0.717) is 27.8 Å². The molecule has 31 heavy (non-hydrogen) atoms. The van der Waals surface area contributed by atoms with Crippen molar-refractivity contribution < 1.29 is 14.3 Å². The summed E-state index contributed by atoms with van der Waals surface area (Å²) in [5, 5.41) is 7.31. The number of nitrogen functional groups attached to an aromatic ring is 1. The maximum absolute atomic E-state index is 12.8. The number of carbonyl (C=O) groups is 1. The van der Waals surface area contributed by atoms with Gasteiger partial charge in [-0.3, -0.25) is 9.36 Å². The van der Waals surface area contributed by atoms with Gasteiger partial charge in [-0.1, -0.05) is 36.4 Å². The van der Waals surface area contributed by atoms with E-state index in [0.717, 1.165) is 16.7 Å². The summed E-state index contributed by atoms with van der Waals surface area (Å²) in [6, 6.07) is 21.5. The van der Waals surface area contributed by atoms with Crippen molar-refractivity contribution in [3.05, 3.63) is 89.1 Å². The fraction of sp³-hybridized carbons (Fsp3) is 0.0417. The van der Waals surface area contributed by atoms with Gasteiger partial charge in [0.15, 0.2) is 0 Å². The number of nitrogens with one attached hydrogen (secondary N) is 1. The van der Waals surface area contributed by atoms with E-state index in [9.17, 15) is 14.3 Å². The molecule has 1 aromatic heterocycles. The van der Waals surface area contributed by atoms with Gasteiger partial charge in [-0.05, 0) is 69.4 Å². The molecule has 1 atom stereocenters. The van der Waals surface area contributed by atoms with Crippen molar-refractivity contribution in [3.8, 4) is 22.3 Å². The van der Waals surface area contributed by atoms with Gasteiger partial charge in [0.1, 0.15) is 0 Å². The fourth-order valence-electron chi connectivity index (χ4n) is 3.35. The first kappa shape index (κ1) is 21.1. The van der Waals surface area contributed by atoms with E-state index in [4.69, 9.17) is 5.73 Å². The maximum atomic E-state index is 12.8. The molecule has 5 nitrogen and oxygen atoms in total.